The van der Waals surface area contributed by atoms with E-state index in [0.29, 0.717) is 24.0 Å². The Hall–Kier alpha value is -2.39. The number of fused-ring (bicyclic) bond motifs is 1. The van der Waals surface area contributed by atoms with Crippen LogP contribution in [0.15, 0.2) is 35.4 Å². The molecule has 28 heavy (non-hydrogen) atoms. The third-order valence-corrected chi connectivity index (χ3v) is 6.40. The number of carbonyl (C=O) groups is 2. The van der Waals surface area contributed by atoms with Gasteiger partial charge < -0.3 is 19.5 Å². The Labute approximate surface area is 164 Å². The molecule has 0 aliphatic carbocycles. The summed E-state index contributed by atoms with van der Waals surface area (Å²) in [7, 11) is -2.44. The van der Waals surface area contributed by atoms with Crippen LogP contribution in [0.2, 0.25) is 0 Å². The smallest absolute Gasteiger partial charge is 0.242 e. The summed E-state index contributed by atoms with van der Waals surface area (Å²) in [6.45, 7) is 4.87. The summed E-state index contributed by atoms with van der Waals surface area (Å²) in [5.74, 6) is -1.31. The highest BCUT2D eigenvalue weighted by molar-refractivity contribution is 7.92. The molecule has 2 amide bonds. The molecule has 1 saturated heterocycles. The number of rotatable bonds is 5. The summed E-state index contributed by atoms with van der Waals surface area (Å²) in [4.78, 5) is 26.2. The number of nitrogens with zero attached hydrogens (tertiary/aromatic N) is 2. The molecule has 0 bridgehead atoms. The lowest BCUT2D eigenvalue weighted by atomic mass is 10.2. The minimum absolute atomic E-state index is 0.0233. The van der Waals surface area contributed by atoms with Gasteiger partial charge in [0, 0.05) is 37.2 Å². The summed E-state index contributed by atoms with van der Waals surface area (Å²) < 4.78 is 32.7. The number of hydrogen-bond acceptors (Lipinski definition) is 5. The van der Waals surface area contributed by atoms with Crippen molar-refractivity contribution in [3.63, 3.8) is 0 Å². The number of benzene rings is 1. The second-order valence-electron chi connectivity index (χ2n) is 7.13. The molecule has 1 aromatic carbocycles. The third kappa shape index (κ3) is 4.20. The Morgan fingerprint density at radius 2 is 1.82 bits per heavy atom. The highest BCUT2D eigenvalue weighted by Gasteiger charge is 2.28. The van der Waals surface area contributed by atoms with E-state index < -0.39 is 21.5 Å². The van der Waals surface area contributed by atoms with Gasteiger partial charge in [0.2, 0.25) is 11.8 Å². The van der Waals surface area contributed by atoms with E-state index in [2.05, 4.69) is 5.32 Å². The number of nitrogens with one attached hydrogen (secondary N) is 1. The fourth-order valence-corrected chi connectivity index (χ4v) is 4.98. The number of carbonyl (C=O) groups excluding carboxylic acids is 2. The first-order valence-electron chi connectivity index (χ1n) is 9.15. The zero-order chi connectivity index (χ0) is 20.5. The van der Waals surface area contributed by atoms with Crippen LogP contribution in [0.4, 0.5) is 0 Å². The minimum atomic E-state index is -3.83. The number of hydrogen-bond donors (Lipinski definition) is 1. The van der Waals surface area contributed by atoms with Crippen LogP contribution in [0.1, 0.15) is 13.8 Å². The predicted molar refractivity (Wildman–Crippen MR) is 105 cm³/mol. The van der Waals surface area contributed by atoms with Gasteiger partial charge in [0.1, 0.15) is 12.3 Å². The number of ether oxygens (including phenoxy) is 1. The number of morpholine rings is 1. The molecule has 0 saturated carbocycles. The van der Waals surface area contributed by atoms with Crippen LogP contribution in [-0.4, -0.2) is 67.8 Å². The monoisotopic (exact) mass is 407 g/mol. The van der Waals surface area contributed by atoms with Crippen molar-refractivity contribution in [3.8, 4) is 0 Å². The molecule has 0 unspecified atom stereocenters. The molecule has 1 aliphatic rings. The largest absolute Gasteiger partial charge is 0.372 e. The zero-order valence-corrected chi connectivity index (χ0v) is 17.0. The lowest BCUT2D eigenvalue weighted by molar-refractivity contribution is -0.143. The first-order chi connectivity index (χ1) is 13.2. The Bertz CT molecular complexity index is 988. The molecule has 2 atom stereocenters. The van der Waals surface area contributed by atoms with E-state index in [9.17, 15) is 18.0 Å². The standard InChI is InChI=1S/C19H25N3O5S/c1-13-8-22(9-14(2)27-13)19(24)11-21-10-17(15-6-4-5-7-16(15)21)28(25,26)12-18(23)20-3/h4-7,10,13-14H,8-9,11-12H2,1-3H3,(H,20,23)/t13-,14-/m0/s1. The van der Waals surface area contributed by atoms with Gasteiger partial charge in [-0.1, -0.05) is 18.2 Å². The maximum Gasteiger partial charge on any atom is 0.242 e. The predicted octanol–water partition coefficient (Wildman–Crippen LogP) is 0.797. The second kappa shape index (κ2) is 7.92. The molecule has 1 N–H and O–H groups in total. The first-order valence-corrected chi connectivity index (χ1v) is 10.8. The van der Waals surface area contributed by atoms with Gasteiger partial charge in [0.15, 0.2) is 9.84 Å². The normalized spacial score (nSPS) is 20.3. The fraction of sp³-hybridized carbons (Fsp3) is 0.474. The molecule has 9 heteroatoms. The molecular weight excluding hydrogens is 382 g/mol. The van der Waals surface area contributed by atoms with Crippen LogP contribution in [-0.2, 0) is 30.7 Å². The molecule has 0 radical (unpaired) electrons. The molecule has 8 nitrogen and oxygen atoms in total. The highest BCUT2D eigenvalue weighted by atomic mass is 32.2. The highest BCUT2D eigenvalue weighted by Crippen LogP contribution is 2.26. The summed E-state index contributed by atoms with van der Waals surface area (Å²) in [6, 6.07) is 6.98. The van der Waals surface area contributed by atoms with Crippen LogP contribution in [0.25, 0.3) is 10.9 Å². The van der Waals surface area contributed by atoms with Crippen molar-refractivity contribution in [1.29, 1.82) is 0 Å². The second-order valence-corrected chi connectivity index (χ2v) is 9.08. The van der Waals surface area contributed by atoms with Crippen molar-refractivity contribution in [2.75, 3.05) is 25.9 Å². The Balaban J connectivity index is 1.92. The Kier molecular flexibility index (Phi) is 5.76. The van der Waals surface area contributed by atoms with Crippen LogP contribution in [0.3, 0.4) is 0 Å². The van der Waals surface area contributed by atoms with Gasteiger partial charge in [-0.25, -0.2) is 8.42 Å². The molecule has 1 fully saturated rings. The van der Waals surface area contributed by atoms with Crippen LogP contribution in [0.5, 0.6) is 0 Å². The molecule has 152 valence electrons. The van der Waals surface area contributed by atoms with E-state index in [4.69, 9.17) is 4.74 Å². The third-order valence-electron chi connectivity index (χ3n) is 4.76. The summed E-state index contributed by atoms with van der Waals surface area (Å²) in [5.41, 5.74) is 0.640. The number of aromatic nitrogens is 1. The van der Waals surface area contributed by atoms with E-state index in [-0.39, 0.29) is 29.6 Å². The van der Waals surface area contributed by atoms with Gasteiger partial charge >= 0.3 is 0 Å². The SMILES string of the molecule is CNC(=O)CS(=O)(=O)c1cn(CC(=O)N2C[C@H](C)O[C@@H](C)C2)c2ccccc12. The van der Waals surface area contributed by atoms with Gasteiger partial charge in [-0.15, -0.1) is 0 Å². The van der Waals surface area contributed by atoms with E-state index >= 15 is 0 Å². The lowest BCUT2D eigenvalue weighted by Crippen LogP contribution is -2.49. The minimum Gasteiger partial charge on any atom is -0.372 e. The first kappa shape index (κ1) is 20.3. The van der Waals surface area contributed by atoms with Crippen LogP contribution < -0.4 is 5.32 Å². The van der Waals surface area contributed by atoms with Crippen molar-refractivity contribution in [1.82, 2.24) is 14.8 Å². The number of para-hydroxylation sites is 1. The molecular formula is C19H25N3O5S. The van der Waals surface area contributed by atoms with Crippen molar-refractivity contribution in [3.05, 3.63) is 30.5 Å². The van der Waals surface area contributed by atoms with Gasteiger partial charge in [-0.3, -0.25) is 9.59 Å². The van der Waals surface area contributed by atoms with Crippen LogP contribution in [0, 0.1) is 0 Å². The molecule has 0 spiro atoms. The van der Waals surface area contributed by atoms with Gasteiger partial charge in [0.25, 0.3) is 0 Å². The van der Waals surface area contributed by atoms with Crippen molar-refractivity contribution in [2.24, 2.45) is 0 Å². The maximum absolute atomic E-state index is 12.8. The number of sulfone groups is 1. The quantitative estimate of drug-likeness (QED) is 0.791. The van der Waals surface area contributed by atoms with E-state index in [1.165, 1.54) is 13.2 Å². The Morgan fingerprint density at radius 3 is 2.46 bits per heavy atom. The van der Waals surface area contributed by atoms with E-state index in [0.717, 1.165) is 0 Å². The molecule has 2 heterocycles. The van der Waals surface area contributed by atoms with Gasteiger partial charge in [0.05, 0.1) is 17.1 Å². The average molecular weight is 407 g/mol. The molecule has 3 rings (SSSR count). The van der Waals surface area contributed by atoms with Crippen molar-refractivity contribution >= 4 is 32.6 Å². The van der Waals surface area contributed by atoms with Crippen molar-refractivity contribution < 1.29 is 22.7 Å². The summed E-state index contributed by atoms with van der Waals surface area (Å²) in [5, 5.41) is 2.83. The molecule has 2 aromatic rings. The topological polar surface area (TPSA) is 97.7 Å². The summed E-state index contributed by atoms with van der Waals surface area (Å²) >= 11 is 0. The number of amides is 2. The zero-order valence-electron chi connectivity index (χ0n) is 16.2. The van der Waals surface area contributed by atoms with Crippen LogP contribution >= 0.6 is 0 Å². The molecule has 1 aromatic heterocycles. The van der Waals surface area contributed by atoms with Gasteiger partial charge in [-0.05, 0) is 19.9 Å². The lowest BCUT2D eigenvalue weighted by Gasteiger charge is -2.35. The van der Waals surface area contributed by atoms with Crippen molar-refractivity contribution in [2.45, 2.75) is 37.5 Å². The average Bonchev–Trinajstić information content (AvgIpc) is 3.00. The maximum atomic E-state index is 12.8. The Morgan fingerprint density at radius 1 is 1.18 bits per heavy atom. The van der Waals surface area contributed by atoms with E-state index in [1.807, 2.05) is 13.8 Å². The van der Waals surface area contributed by atoms with Gasteiger partial charge in [-0.2, -0.15) is 0 Å². The molecule has 1 aliphatic heterocycles. The van der Waals surface area contributed by atoms with E-state index in [1.54, 1.807) is 33.7 Å². The summed E-state index contributed by atoms with van der Waals surface area (Å²) in [6.07, 6.45) is 1.36. The fourth-order valence-electron chi connectivity index (χ4n) is 3.54.